The summed E-state index contributed by atoms with van der Waals surface area (Å²) in [6.45, 7) is 1.84. The van der Waals surface area contributed by atoms with E-state index in [1.54, 1.807) is 6.07 Å². The van der Waals surface area contributed by atoms with Gasteiger partial charge in [0, 0.05) is 5.02 Å². The van der Waals surface area contributed by atoms with E-state index in [1.165, 1.54) is 0 Å². The van der Waals surface area contributed by atoms with E-state index in [2.05, 4.69) is 5.32 Å². The molecule has 21 heavy (non-hydrogen) atoms. The number of allylic oxidation sites excluding steroid dienone is 2. The molecular weight excluding hydrogens is 290 g/mol. The number of carboxylic acids is 1. The molecule has 1 aliphatic rings. The normalized spacial score (nSPS) is 22.6. The molecule has 0 saturated heterocycles. The highest BCUT2D eigenvalue weighted by Crippen LogP contribution is 2.28. The van der Waals surface area contributed by atoms with Crippen LogP contribution >= 0.6 is 11.6 Å². The van der Waals surface area contributed by atoms with Crippen LogP contribution in [0.5, 0.6) is 0 Å². The predicted octanol–water partition coefficient (Wildman–Crippen LogP) is 3.18. The summed E-state index contributed by atoms with van der Waals surface area (Å²) in [6, 6.07) is 7.04. The lowest BCUT2D eigenvalue weighted by Crippen LogP contribution is -2.39. The average Bonchev–Trinajstić information content (AvgIpc) is 2.47. The molecule has 0 bridgehead atoms. The summed E-state index contributed by atoms with van der Waals surface area (Å²) in [5.41, 5.74) is 0.825. The molecule has 4 nitrogen and oxygen atoms in total. The first kappa shape index (κ1) is 15.6. The Hall–Kier alpha value is -1.81. The molecule has 112 valence electrons. The lowest BCUT2D eigenvalue weighted by Gasteiger charge is -2.26. The molecule has 0 spiro atoms. The summed E-state index contributed by atoms with van der Waals surface area (Å²) in [4.78, 5) is 23.6. The third-order valence-electron chi connectivity index (χ3n) is 3.82. The number of hydrogen-bond donors (Lipinski definition) is 2. The van der Waals surface area contributed by atoms with Crippen molar-refractivity contribution >= 4 is 23.5 Å². The number of benzene rings is 1. The zero-order valence-electron chi connectivity index (χ0n) is 11.8. The Morgan fingerprint density at radius 3 is 2.48 bits per heavy atom. The smallest absolute Gasteiger partial charge is 0.307 e. The van der Waals surface area contributed by atoms with Crippen LogP contribution in [0, 0.1) is 11.8 Å². The van der Waals surface area contributed by atoms with E-state index in [0.29, 0.717) is 17.9 Å². The van der Waals surface area contributed by atoms with Crippen molar-refractivity contribution in [3.63, 3.8) is 0 Å². The second-order valence-electron chi connectivity index (χ2n) is 5.25. The van der Waals surface area contributed by atoms with Crippen LogP contribution in [0.4, 0.5) is 0 Å². The van der Waals surface area contributed by atoms with Gasteiger partial charge >= 0.3 is 5.97 Å². The van der Waals surface area contributed by atoms with Crippen molar-refractivity contribution in [2.75, 3.05) is 0 Å². The topological polar surface area (TPSA) is 66.4 Å². The number of carbonyl (C=O) groups excluding carboxylic acids is 1. The van der Waals surface area contributed by atoms with Gasteiger partial charge in [0.2, 0.25) is 5.91 Å². The maximum Gasteiger partial charge on any atom is 0.307 e. The van der Waals surface area contributed by atoms with Crippen LogP contribution < -0.4 is 5.32 Å². The summed E-state index contributed by atoms with van der Waals surface area (Å²) in [6.07, 6.45) is 4.54. The zero-order chi connectivity index (χ0) is 15.4. The molecule has 2 rings (SSSR count). The van der Waals surface area contributed by atoms with E-state index < -0.39 is 17.8 Å². The fourth-order valence-electron chi connectivity index (χ4n) is 2.60. The predicted molar refractivity (Wildman–Crippen MR) is 81.0 cm³/mol. The summed E-state index contributed by atoms with van der Waals surface area (Å²) in [5, 5.41) is 12.7. The number of halogens is 1. The van der Waals surface area contributed by atoms with Gasteiger partial charge in [0.15, 0.2) is 0 Å². The van der Waals surface area contributed by atoms with Crippen molar-refractivity contribution in [2.45, 2.75) is 25.8 Å². The molecule has 5 heteroatoms. The van der Waals surface area contributed by atoms with Crippen LogP contribution in [-0.2, 0) is 9.59 Å². The first-order chi connectivity index (χ1) is 10.0. The molecule has 0 fully saturated rings. The molecule has 1 aliphatic carbocycles. The van der Waals surface area contributed by atoms with Gasteiger partial charge in [0.25, 0.3) is 0 Å². The molecule has 1 amide bonds. The lowest BCUT2D eigenvalue weighted by atomic mass is 9.82. The van der Waals surface area contributed by atoms with Gasteiger partial charge in [-0.25, -0.2) is 0 Å². The summed E-state index contributed by atoms with van der Waals surface area (Å²) in [5.74, 6) is -2.35. The third kappa shape index (κ3) is 3.64. The Morgan fingerprint density at radius 2 is 1.86 bits per heavy atom. The number of carbonyl (C=O) groups is 2. The Bertz CT molecular complexity index is 570. The van der Waals surface area contributed by atoms with Crippen LogP contribution in [-0.4, -0.2) is 17.0 Å². The van der Waals surface area contributed by atoms with Gasteiger partial charge in [-0.2, -0.15) is 0 Å². The third-order valence-corrected chi connectivity index (χ3v) is 4.16. The number of nitrogens with one attached hydrogen (secondary N) is 1. The number of aliphatic carboxylic acids is 1. The molecule has 1 aromatic carbocycles. The first-order valence-corrected chi connectivity index (χ1v) is 7.31. The van der Waals surface area contributed by atoms with Crippen LogP contribution in [0.1, 0.15) is 31.4 Å². The average molecular weight is 308 g/mol. The molecule has 0 radical (unpaired) electrons. The fraction of sp³-hybridized carbons (Fsp3) is 0.375. The van der Waals surface area contributed by atoms with Gasteiger partial charge in [-0.1, -0.05) is 42.0 Å². The highest BCUT2D eigenvalue weighted by molar-refractivity contribution is 6.31. The lowest BCUT2D eigenvalue weighted by molar-refractivity contribution is -0.147. The van der Waals surface area contributed by atoms with Crippen molar-refractivity contribution in [3.05, 3.63) is 47.0 Å². The molecule has 0 aromatic heterocycles. The van der Waals surface area contributed by atoms with Crippen LogP contribution in [0.2, 0.25) is 5.02 Å². The quantitative estimate of drug-likeness (QED) is 0.840. The summed E-state index contributed by atoms with van der Waals surface area (Å²) < 4.78 is 0. The second kappa shape index (κ2) is 6.76. The van der Waals surface area contributed by atoms with Gasteiger partial charge in [-0.3, -0.25) is 9.59 Å². The monoisotopic (exact) mass is 307 g/mol. The largest absolute Gasteiger partial charge is 0.481 e. The Balaban J connectivity index is 2.08. The van der Waals surface area contributed by atoms with Crippen molar-refractivity contribution in [2.24, 2.45) is 11.8 Å². The fourth-order valence-corrected chi connectivity index (χ4v) is 2.90. The zero-order valence-corrected chi connectivity index (χ0v) is 12.5. The van der Waals surface area contributed by atoms with Gasteiger partial charge in [0.1, 0.15) is 0 Å². The van der Waals surface area contributed by atoms with E-state index in [4.69, 9.17) is 11.6 Å². The maximum atomic E-state index is 12.4. The molecular formula is C16H18ClNO3. The SMILES string of the molecule is C[C@H](NC(=O)[C@H]1CC=CC[C@@H]1C(=O)O)c1ccccc1Cl. The number of carboxylic acid groups (broad SMARTS) is 1. The van der Waals surface area contributed by atoms with E-state index in [0.717, 1.165) is 5.56 Å². The van der Waals surface area contributed by atoms with Gasteiger partial charge in [-0.15, -0.1) is 0 Å². The van der Waals surface area contributed by atoms with Crippen molar-refractivity contribution in [1.82, 2.24) is 5.32 Å². The van der Waals surface area contributed by atoms with Gasteiger partial charge in [-0.05, 0) is 31.4 Å². The summed E-state index contributed by atoms with van der Waals surface area (Å²) in [7, 11) is 0. The number of rotatable bonds is 4. The van der Waals surface area contributed by atoms with Crippen LogP contribution in [0.15, 0.2) is 36.4 Å². The standard InChI is InChI=1S/C16H18ClNO3/c1-10(11-6-4-5-9-14(11)17)18-15(19)12-7-2-3-8-13(12)16(20)21/h2-6,9-10,12-13H,7-8H2,1H3,(H,18,19)(H,20,21)/t10-,12-,13-/m0/s1. The van der Waals surface area contributed by atoms with Crippen LogP contribution in [0.3, 0.4) is 0 Å². The molecule has 0 heterocycles. The van der Waals surface area contributed by atoms with Gasteiger partial charge in [0.05, 0.1) is 17.9 Å². The molecule has 0 aliphatic heterocycles. The highest BCUT2D eigenvalue weighted by atomic mass is 35.5. The van der Waals surface area contributed by atoms with E-state index in [9.17, 15) is 14.7 Å². The molecule has 1 aromatic rings. The first-order valence-electron chi connectivity index (χ1n) is 6.93. The minimum Gasteiger partial charge on any atom is -0.481 e. The number of hydrogen-bond acceptors (Lipinski definition) is 2. The van der Waals surface area contributed by atoms with Crippen LogP contribution in [0.25, 0.3) is 0 Å². The molecule has 2 N–H and O–H groups in total. The van der Waals surface area contributed by atoms with Gasteiger partial charge < -0.3 is 10.4 Å². The maximum absolute atomic E-state index is 12.4. The number of amides is 1. The molecule has 0 saturated carbocycles. The molecule has 3 atom stereocenters. The van der Waals surface area contributed by atoms with E-state index in [-0.39, 0.29) is 11.9 Å². The van der Waals surface area contributed by atoms with Crippen molar-refractivity contribution in [1.29, 1.82) is 0 Å². The van der Waals surface area contributed by atoms with E-state index in [1.807, 2.05) is 37.3 Å². The summed E-state index contributed by atoms with van der Waals surface area (Å²) >= 11 is 6.11. The Labute approximate surface area is 128 Å². The Morgan fingerprint density at radius 1 is 1.24 bits per heavy atom. The molecule has 0 unspecified atom stereocenters. The van der Waals surface area contributed by atoms with E-state index >= 15 is 0 Å². The Kier molecular flexibility index (Phi) is 5.02. The van der Waals surface area contributed by atoms with Crippen molar-refractivity contribution < 1.29 is 14.7 Å². The van der Waals surface area contributed by atoms with Crippen molar-refractivity contribution in [3.8, 4) is 0 Å². The minimum absolute atomic E-state index is 0.237. The minimum atomic E-state index is -0.926. The second-order valence-corrected chi connectivity index (χ2v) is 5.65. The highest BCUT2D eigenvalue weighted by Gasteiger charge is 2.34.